The van der Waals surface area contributed by atoms with Gasteiger partial charge in [0, 0.05) is 5.56 Å². The third-order valence-corrected chi connectivity index (χ3v) is 3.73. The summed E-state index contributed by atoms with van der Waals surface area (Å²) in [5.74, 6) is -0.200. The van der Waals surface area contributed by atoms with Gasteiger partial charge in [-0.05, 0) is 50.8 Å². The van der Waals surface area contributed by atoms with E-state index in [-0.39, 0.29) is 12.3 Å². The second-order valence-electron chi connectivity index (χ2n) is 6.07. The topological polar surface area (TPSA) is 44.8 Å². The zero-order valence-corrected chi connectivity index (χ0v) is 13.2. The number of rotatable bonds is 4. The maximum Gasteiger partial charge on any atom is 0.311 e. The van der Waals surface area contributed by atoms with E-state index in [4.69, 9.17) is 14.2 Å². The van der Waals surface area contributed by atoms with Crippen LogP contribution in [0.1, 0.15) is 42.4 Å². The lowest BCUT2D eigenvalue weighted by Crippen LogP contribution is -2.28. The summed E-state index contributed by atoms with van der Waals surface area (Å²) in [6.45, 7) is 7.85. The number of ether oxygens (including phenoxy) is 3. The van der Waals surface area contributed by atoms with Crippen molar-refractivity contribution < 1.29 is 19.0 Å². The Kier molecular flexibility index (Phi) is 4.26. The second kappa shape index (κ2) is 5.80. The van der Waals surface area contributed by atoms with Gasteiger partial charge in [-0.1, -0.05) is 12.1 Å². The number of aryl methyl sites for hydroxylation is 2. The van der Waals surface area contributed by atoms with Crippen molar-refractivity contribution in [2.45, 2.75) is 40.4 Å². The van der Waals surface area contributed by atoms with Crippen LogP contribution in [0, 0.1) is 19.3 Å². The average Bonchev–Trinajstić information content (AvgIpc) is 2.90. The molecule has 0 amide bonds. The number of hydrogen-bond acceptors (Lipinski definition) is 4. The highest BCUT2D eigenvalue weighted by Crippen LogP contribution is 2.32. The zero-order valence-electron chi connectivity index (χ0n) is 13.2. The molecule has 1 aromatic rings. The van der Waals surface area contributed by atoms with Gasteiger partial charge in [0.15, 0.2) is 0 Å². The maximum atomic E-state index is 11.8. The fraction of sp³-hybridized carbons (Fsp3) is 0.471. The van der Waals surface area contributed by atoms with Crippen LogP contribution >= 0.6 is 0 Å². The molecule has 0 aromatic heterocycles. The lowest BCUT2D eigenvalue weighted by Gasteiger charge is -2.23. The van der Waals surface area contributed by atoms with E-state index in [1.54, 1.807) is 12.5 Å². The van der Waals surface area contributed by atoms with Crippen molar-refractivity contribution in [1.29, 1.82) is 0 Å². The molecule has 0 atom stereocenters. The summed E-state index contributed by atoms with van der Waals surface area (Å²) in [6, 6.07) is 4.16. The monoisotopic (exact) mass is 290 g/mol. The zero-order chi connectivity index (χ0) is 15.6. The molecule has 0 saturated carbocycles. The fourth-order valence-corrected chi connectivity index (χ4v) is 2.77. The van der Waals surface area contributed by atoms with E-state index in [0.29, 0.717) is 6.42 Å². The molecule has 1 aliphatic rings. The van der Waals surface area contributed by atoms with E-state index in [9.17, 15) is 4.79 Å². The first-order valence-corrected chi connectivity index (χ1v) is 6.99. The Hall–Kier alpha value is -1.97. The molecule has 2 rings (SSSR count). The van der Waals surface area contributed by atoms with Gasteiger partial charge in [-0.2, -0.15) is 0 Å². The van der Waals surface area contributed by atoms with E-state index in [1.807, 2.05) is 27.7 Å². The largest absolute Gasteiger partial charge is 0.469 e. The van der Waals surface area contributed by atoms with Crippen LogP contribution in [0.5, 0.6) is 0 Å². The SMILES string of the molecule is COC(=O)C(C)(C)Cc1cc(C)c(C2OC=CO2)c(C)c1. The summed E-state index contributed by atoms with van der Waals surface area (Å²) in [7, 11) is 1.42. The van der Waals surface area contributed by atoms with Crippen molar-refractivity contribution in [3.05, 3.63) is 46.9 Å². The van der Waals surface area contributed by atoms with E-state index in [1.165, 1.54) is 7.11 Å². The van der Waals surface area contributed by atoms with Crippen molar-refractivity contribution in [3.8, 4) is 0 Å². The molecule has 114 valence electrons. The van der Waals surface area contributed by atoms with Crippen LogP contribution in [-0.4, -0.2) is 13.1 Å². The molecule has 4 heteroatoms. The molecule has 4 nitrogen and oxygen atoms in total. The average molecular weight is 290 g/mol. The molecule has 0 fully saturated rings. The molecule has 0 spiro atoms. The molecular formula is C17H22O4. The highest BCUT2D eigenvalue weighted by atomic mass is 16.7. The van der Waals surface area contributed by atoms with E-state index >= 15 is 0 Å². The van der Waals surface area contributed by atoms with Crippen LogP contribution in [0.15, 0.2) is 24.7 Å². The molecule has 0 N–H and O–H groups in total. The lowest BCUT2D eigenvalue weighted by atomic mass is 9.84. The Bertz CT molecular complexity index is 541. The predicted octanol–water partition coefficient (Wildman–Crippen LogP) is 3.56. The number of methoxy groups -OCH3 is 1. The summed E-state index contributed by atoms with van der Waals surface area (Å²) < 4.78 is 15.7. The van der Waals surface area contributed by atoms with Crippen molar-refractivity contribution in [3.63, 3.8) is 0 Å². The van der Waals surface area contributed by atoms with Gasteiger partial charge < -0.3 is 14.2 Å². The highest BCUT2D eigenvalue weighted by Gasteiger charge is 2.30. The number of benzene rings is 1. The fourth-order valence-electron chi connectivity index (χ4n) is 2.77. The summed E-state index contributed by atoms with van der Waals surface area (Å²) in [5.41, 5.74) is 3.80. The predicted molar refractivity (Wildman–Crippen MR) is 79.5 cm³/mol. The number of hydrogen-bond donors (Lipinski definition) is 0. The minimum Gasteiger partial charge on any atom is -0.469 e. The van der Waals surface area contributed by atoms with Crippen LogP contribution in [0.25, 0.3) is 0 Å². The standard InChI is InChI=1S/C17H22O4/c1-11-8-13(10-17(3,4)16(18)19-5)9-12(2)14(11)15-20-6-7-21-15/h6-9,15H,10H2,1-5H3. The van der Waals surface area contributed by atoms with Gasteiger partial charge in [-0.15, -0.1) is 0 Å². The molecule has 0 radical (unpaired) electrons. The molecule has 1 aliphatic heterocycles. The van der Waals surface area contributed by atoms with Crippen LogP contribution in [0.3, 0.4) is 0 Å². The van der Waals surface area contributed by atoms with E-state index in [2.05, 4.69) is 12.1 Å². The third-order valence-electron chi connectivity index (χ3n) is 3.73. The molecule has 21 heavy (non-hydrogen) atoms. The van der Waals surface area contributed by atoms with Crippen molar-refractivity contribution in [2.24, 2.45) is 5.41 Å². The Morgan fingerprint density at radius 3 is 2.19 bits per heavy atom. The number of carbonyl (C=O) groups is 1. The third kappa shape index (κ3) is 3.20. The number of esters is 1. The van der Waals surface area contributed by atoms with Crippen molar-refractivity contribution in [2.75, 3.05) is 7.11 Å². The van der Waals surface area contributed by atoms with Gasteiger partial charge >= 0.3 is 5.97 Å². The molecule has 0 saturated heterocycles. The minimum atomic E-state index is -0.545. The molecule has 0 bridgehead atoms. The van der Waals surface area contributed by atoms with Gasteiger partial charge in [0.05, 0.1) is 12.5 Å². The normalized spacial score (nSPS) is 14.7. The summed E-state index contributed by atoms with van der Waals surface area (Å²) in [4.78, 5) is 11.8. The molecule has 1 heterocycles. The first-order valence-electron chi connectivity index (χ1n) is 6.99. The maximum absolute atomic E-state index is 11.8. The molecular weight excluding hydrogens is 268 g/mol. The molecule has 1 aromatic carbocycles. The Labute approximate surface area is 125 Å². The van der Waals surface area contributed by atoms with Crippen LogP contribution in [0.4, 0.5) is 0 Å². The smallest absolute Gasteiger partial charge is 0.311 e. The Morgan fingerprint density at radius 2 is 1.71 bits per heavy atom. The second-order valence-corrected chi connectivity index (χ2v) is 6.07. The van der Waals surface area contributed by atoms with Crippen LogP contribution < -0.4 is 0 Å². The van der Waals surface area contributed by atoms with Gasteiger partial charge in [0.2, 0.25) is 0 Å². The Morgan fingerprint density at radius 1 is 1.19 bits per heavy atom. The number of carbonyl (C=O) groups excluding carboxylic acids is 1. The van der Waals surface area contributed by atoms with Crippen molar-refractivity contribution >= 4 is 5.97 Å². The Balaban J connectivity index is 2.25. The van der Waals surface area contributed by atoms with Gasteiger partial charge in [-0.25, -0.2) is 0 Å². The summed E-state index contributed by atoms with van der Waals surface area (Å²) >= 11 is 0. The summed E-state index contributed by atoms with van der Waals surface area (Å²) in [5, 5.41) is 0. The van der Waals surface area contributed by atoms with Gasteiger partial charge in [-0.3, -0.25) is 4.79 Å². The quantitative estimate of drug-likeness (QED) is 0.795. The lowest BCUT2D eigenvalue weighted by molar-refractivity contribution is -0.150. The minimum absolute atomic E-state index is 0.200. The van der Waals surface area contributed by atoms with E-state index < -0.39 is 5.41 Å². The molecule has 0 aliphatic carbocycles. The van der Waals surface area contributed by atoms with Crippen LogP contribution in [-0.2, 0) is 25.4 Å². The first-order chi connectivity index (χ1) is 9.85. The van der Waals surface area contributed by atoms with Gasteiger partial charge in [0.25, 0.3) is 6.29 Å². The van der Waals surface area contributed by atoms with E-state index in [0.717, 1.165) is 22.3 Å². The van der Waals surface area contributed by atoms with Crippen LogP contribution in [0.2, 0.25) is 0 Å². The molecule has 0 unspecified atom stereocenters. The highest BCUT2D eigenvalue weighted by molar-refractivity contribution is 5.76. The summed E-state index contributed by atoms with van der Waals surface area (Å²) in [6.07, 6.45) is 3.37. The van der Waals surface area contributed by atoms with Gasteiger partial charge in [0.1, 0.15) is 12.5 Å². The first kappa shape index (κ1) is 15.4. The van der Waals surface area contributed by atoms with Crippen molar-refractivity contribution in [1.82, 2.24) is 0 Å².